The van der Waals surface area contributed by atoms with Crippen molar-refractivity contribution in [1.29, 1.82) is 0 Å². The third-order valence-electron chi connectivity index (χ3n) is 1.46. The van der Waals surface area contributed by atoms with Crippen molar-refractivity contribution >= 4 is 12.6 Å². The first-order valence-electron chi connectivity index (χ1n) is 3.44. The number of aromatic nitrogens is 2. The van der Waals surface area contributed by atoms with Crippen LogP contribution in [0.25, 0.3) is 0 Å². The molecule has 1 aromatic heterocycles. The van der Waals surface area contributed by atoms with Crippen LogP contribution in [0.5, 0.6) is 0 Å². The van der Waals surface area contributed by atoms with E-state index in [4.69, 9.17) is 0 Å². The molecule has 1 rings (SSSR count). The van der Waals surface area contributed by atoms with Crippen LogP contribution < -0.4 is 0 Å². The molecule has 0 aliphatic rings. The maximum absolute atomic E-state index is 4.29. The summed E-state index contributed by atoms with van der Waals surface area (Å²) in [6, 6.07) is 0. The van der Waals surface area contributed by atoms with Crippen molar-refractivity contribution < 1.29 is 0 Å². The van der Waals surface area contributed by atoms with Crippen LogP contribution in [-0.2, 0) is 6.54 Å². The molecule has 3 heteroatoms. The van der Waals surface area contributed by atoms with E-state index < -0.39 is 0 Å². The number of hydrogen-bond donors (Lipinski definition) is 1. The molecule has 0 spiro atoms. The molecule has 1 atom stereocenters. The summed E-state index contributed by atoms with van der Waals surface area (Å²) >= 11 is 4.29. The number of rotatable bonds is 2. The van der Waals surface area contributed by atoms with Gasteiger partial charge in [0.25, 0.3) is 0 Å². The Morgan fingerprint density at radius 3 is 2.90 bits per heavy atom. The van der Waals surface area contributed by atoms with E-state index in [9.17, 15) is 0 Å². The second-order valence-electron chi connectivity index (χ2n) is 2.25. The van der Waals surface area contributed by atoms with E-state index in [0.717, 1.165) is 12.4 Å². The fourth-order valence-electron chi connectivity index (χ4n) is 0.956. The number of nitrogens with zero attached hydrogens (tertiary/aromatic N) is 2. The fourth-order valence-corrected chi connectivity index (χ4v) is 1.17. The van der Waals surface area contributed by atoms with E-state index in [0.29, 0.717) is 0 Å². The second kappa shape index (κ2) is 3.10. The smallest absolute Gasteiger partial charge is 0.121 e. The average Bonchev–Trinajstić information content (AvgIpc) is 2.33. The minimum Gasteiger partial charge on any atom is -0.334 e. The van der Waals surface area contributed by atoms with Gasteiger partial charge in [-0.3, -0.25) is 0 Å². The van der Waals surface area contributed by atoms with Gasteiger partial charge in [0.1, 0.15) is 5.82 Å². The van der Waals surface area contributed by atoms with Crippen LogP contribution in [0.3, 0.4) is 0 Å². The molecule has 0 saturated carbocycles. The highest BCUT2D eigenvalue weighted by Gasteiger charge is 2.04. The molecular weight excluding hydrogens is 144 g/mol. The molecule has 0 aliphatic heterocycles. The second-order valence-corrected chi connectivity index (χ2v) is 3.02. The summed E-state index contributed by atoms with van der Waals surface area (Å²) in [7, 11) is 0. The van der Waals surface area contributed by atoms with E-state index in [1.807, 2.05) is 19.3 Å². The molecule has 0 saturated heterocycles. The van der Waals surface area contributed by atoms with Crippen molar-refractivity contribution in [3.05, 3.63) is 18.2 Å². The summed E-state index contributed by atoms with van der Waals surface area (Å²) in [6.07, 6.45) is 3.79. The Bertz CT molecular complexity index is 205. The van der Waals surface area contributed by atoms with E-state index in [2.05, 4.69) is 29.1 Å². The van der Waals surface area contributed by atoms with E-state index in [1.54, 1.807) is 0 Å². The Hall–Kier alpha value is -0.440. The van der Waals surface area contributed by atoms with Crippen molar-refractivity contribution in [3.8, 4) is 0 Å². The van der Waals surface area contributed by atoms with E-state index in [1.165, 1.54) is 0 Å². The molecule has 0 aliphatic carbocycles. The van der Waals surface area contributed by atoms with Crippen LogP contribution in [0.1, 0.15) is 24.9 Å². The van der Waals surface area contributed by atoms with Gasteiger partial charge in [0.05, 0.1) is 5.25 Å². The van der Waals surface area contributed by atoms with Crippen molar-refractivity contribution in [2.75, 3.05) is 0 Å². The Morgan fingerprint density at radius 1 is 1.80 bits per heavy atom. The van der Waals surface area contributed by atoms with Crippen LogP contribution in [0.15, 0.2) is 12.4 Å². The summed E-state index contributed by atoms with van der Waals surface area (Å²) < 4.78 is 2.09. The summed E-state index contributed by atoms with van der Waals surface area (Å²) in [5.74, 6) is 1.05. The van der Waals surface area contributed by atoms with Gasteiger partial charge in [-0.15, -0.1) is 0 Å². The summed E-state index contributed by atoms with van der Waals surface area (Å²) in [6.45, 7) is 5.10. The third kappa shape index (κ3) is 1.34. The zero-order valence-corrected chi connectivity index (χ0v) is 7.18. The topological polar surface area (TPSA) is 17.8 Å². The van der Waals surface area contributed by atoms with Gasteiger partial charge in [-0.05, 0) is 13.8 Å². The van der Waals surface area contributed by atoms with Crippen molar-refractivity contribution in [2.45, 2.75) is 25.6 Å². The van der Waals surface area contributed by atoms with Gasteiger partial charge in [-0.2, -0.15) is 12.6 Å². The highest BCUT2D eigenvalue weighted by atomic mass is 32.1. The summed E-state index contributed by atoms with van der Waals surface area (Å²) in [4.78, 5) is 4.17. The Balaban J connectivity index is 2.90. The lowest BCUT2D eigenvalue weighted by atomic mass is 10.4. The van der Waals surface area contributed by atoms with Crippen LogP contribution in [0.4, 0.5) is 0 Å². The van der Waals surface area contributed by atoms with Crippen LogP contribution >= 0.6 is 12.6 Å². The Kier molecular flexibility index (Phi) is 2.38. The normalized spacial score (nSPS) is 13.5. The van der Waals surface area contributed by atoms with Crippen molar-refractivity contribution in [1.82, 2.24) is 9.55 Å². The van der Waals surface area contributed by atoms with E-state index in [-0.39, 0.29) is 5.25 Å². The standard InChI is InChI=1S/C7H12N2S/c1-3-9-5-4-8-7(9)6(2)10/h4-6,10H,3H2,1-2H3/t6-/m1/s1. The van der Waals surface area contributed by atoms with Crippen molar-refractivity contribution in [2.24, 2.45) is 0 Å². The molecule has 2 nitrogen and oxygen atoms in total. The van der Waals surface area contributed by atoms with Crippen molar-refractivity contribution in [3.63, 3.8) is 0 Å². The lowest BCUT2D eigenvalue weighted by Gasteiger charge is -2.05. The SMILES string of the molecule is CCn1ccnc1[C@@H](C)S. The molecule has 1 heterocycles. The highest BCUT2D eigenvalue weighted by molar-refractivity contribution is 7.80. The van der Waals surface area contributed by atoms with Gasteiger partial charge in [0.2, 0.25) is 0 Å². The molecule has 0 aromatic carbocycles. The van der Waals surface area contributed by atoms with Crippen LogP contribution in [-0.4, -0.2) is 9.55 Å². The zero-order chi connectivity index (χ0) is 7.56. The van der Waals surface area contributed by atoms with Gasteiger partial charge in [0, 0.05) is 18.9 Å². The fraction of sp³-hybridized carbons (Fsp3) is 0.571. The Labute approximate surface area is 66.7 Å². The maximum atomic E-state index is 4.29. The first-order valence-corrected chi connectivity index (χ1v) is 3.96. The molecule has 56 valence electrons. The average molecular weight is 156 g/mol. The van der Waals surface area contributed by atoms with Gasteiger partial charge in [0.15, 0.2) is 0 Å². The summed E-state index contributed by atoms with van der Waals surface area (Å²) in [5, 5.41) is 0.231. The highest BCUT2D eigenvalue weighted by Crippen LogP contribution is 2.15. The van der Waals surface area contributed by atoms with E-state index >= 15 is 0 Å². The molecule has 0 bridgehead atoms. The minimum absolute atomic E-state index is 0.231. The molecule has 10 heavy (non-hydrogen) atoms. The van der Waals surface area contributed by atoms with Gasteiger partial charge in [-0.1, -0.05) is 0 Å². The number of imidazole rings is 1. The van der Waals surface area contributed by atoms with Crippen LogP contribution in [0.2, 0.25) is 0 Å². The van der Waals surface area contributed by atoms with Gasteiger partial charge < -0.3 is 4.57 Å². The first-order chi connectivity index (χ1) is 4.75. The maximum Gasteiger partial charge on any atom is 0.121 e. The van der Waals surface area contributed by atoms with Gasteiger partial charge in [-0.25, -0.2) is 4.98 Å². The molecule has 0 unspecified atom stereocenters. The molecular formula is C7H12N2S. The lowest BCUT2D eigenvalue weighted by molar-refractivity contribution is 0.701. The van der Waals surface area contributed by atoms with Gasteiger partial charge >= 0.3 is 0 Å². The first kappa shape index (κ1) is 7.66. The largest absolute Gasteiger partial charge is 0.334 e. The molecule has 0 N–H and O–H groups in total. The lowest BCUT2D eigenvalue weighted by Crippen LogP contribution is -2.00. The number of hydrogen-bond acceptors (Lipinski definition) is 2. The number of thiol groups is 1. The zero-order valence-electron chi connectivity index (χ0n) is 6.28. The molecule has 0 fully saturated rings. The Morgan fingerprint density at radius 2 is 2.50 bits per heavy atom. The van der Waals surface area contributed by atoms with Crippen LogP contribution in [0, 0.1) is 0 Å². The predicted molar refractivity (Wildman–Crippen MR) is 45.3 cm³/mol. The summed E-state index contributed by atoms with van der Waals surface area (Å²) in [5.41, 5.74) is 0. The minimum atomic E-state index is 0.231. The number of aryl methyl sites for hydroxylation is 1. The quantitative estimate of drug-likeness (QED) is 0.647. The third-order valence-corrected chi connectivity index (χ3v) is 1.69. The molecule has 0 radical (unpaired) electrons. The molecule has 1 aromatic rings. The molecule has 0 amide bonds. The predicted octanol–water partition coefficient (Wildman–Crippen LogP) is 1.89. The monoisotopic (exact) mass is 156 g/mol.